The lowest BCUT2D eigenvalue weighted by molar-refractivity contribution is 0.205. The van der Waals surface area contributed by atoms with Crippen LogP contribution >= 0.6 is 11.8 Å². The zero-order chi connectivity index (χ0) is 17.4. The highest BCUT2D eigenvalue weighted by Crippen LogP contribution is 2.30. The van der Waals surface area contributed by atoms with Crippen LogP contribution in [-0.4, -0.2) is 28.5 Å². The molecule has 1 aliphatic rings. The molecule has 1 fully saturated rings. The lowest BCUT2D eigenvalue weighted by Gasteiger charge is -2.37. The summed E-state index contributed by atoms with van der Waals surface area (Å²) in [5, 5.41) is 1.71. The Bertz CT molecular complexity index is 796. The number of hydrogen-bond donors (Lipinski definition) is 0. The van der Waals surface area contributed by atoms with E-state index < -0.39 is 0 Å². The molecular formula is C20H27NO2S. The maximum absolute atomic E-state index is 12.0. The first kappa shape index (κ1) is 17.6. The number of rotatable bonds is 3. The lowest BCUT2D eigenvalue weighted by atomic mass is 9.94. The third kappa shape index (κ3) is 3.40. The van der Waals surface area contributed by atoms with E-state index in [-0.39, 0.29) is 5.63 Å². The maximum atomic E-state index is 12.0. The van der Waals surface area contributed by atoms with Gasteiger partial charge in [-0.3, -0.25) is 4.90 Å². The summed E-state index contributed by atoms with van der Waals surface area (Å²) in [4.78, 5) is 14.5. The molecule has 3 nitrogen and oxygen atoms in total. The van der Waals surface area contributed by atoms with Crippen molar-refractivity contribution in [2.75, 3.05) is 12.3 Å². The van der Waals surface area contributed by atoms with Crippen molar-refractivity contribution in [3.8, 4) is 0 Å². The van der Waals surface area contributed by atoms with Crippen molar-refractivity contribution in [1.82, 2.24) is 4.90 Å². The Morgan fingerprint density at radius 3 is 2.75 bits per heavy atom. The molecule has 0 amide bonds. The third-order valence-electron chi connectivity index (χ3n) is 5.23. The summed E-state index contributed by atoms with van der Waals surface area (Å²) in [5.41, 5.74) is 4.07. The second-order valence-electron chi connectivity index (χ2n) is 7.24. The van der Waals surface area contributed by atoms with E-state index in [0.29, 0.717) is 22.8 Å². The minimum atomic E-state index is -0.249. The smallest absolute Gasteiger partial charge is 0.336 e. The van der Waals surface area contributed by atoms with Crippen LogP contribution < -0.4 is 5.63 Å². The van der Waals surface area contributed by atoms with Crippen LogP contribution in [0, 0.1) is 6.92 Å². The molecule has 2 atom stereocenters. The molecule has 0 N–H and O–H groups in total. The van der Waals surface area contributed by atoms with Gasteiger partial charge < -0.3 is 4.42 Å². The molecule has 0 spiro atoms. The number of nitrogens with zero attached hydrogens (tertiary/aromatic N) is 1. The Kier molecular flexibility index (Phi) is 5.07. The van der Waals surface area contributed by atoms with Gasteiger partial charge in [-0.15, -0.1) is 0 Å². The fourth-order valence-corrected chi connectivity index (χ4v) is 4.74. The van der Waals surface area contributed by atoms with Crippen LogP contribution in [0.25, 0.3) is 11.0 Å². The molecule has 0 aliphatic carbocycles. The molecule has 2 unspecified atom stereocenters. The number of thioether (sulfide) groups is 1. The maximum Gasteiger partial charge on any atom is 0.336 e. The molecule has 0 saturated carbocycles. The van der Waals surface area contributed by atoms with Crippen LogP contribution in [-0.2, 0) is 6.54 Å². The highest BCUT2D eigenvalue weighted by atomic mass is 32.2. The van der Waals surface area contributed by atoms with E-state index in [1.165, 1.54) is 11.1 Å². The van der Waals surface area contributed by atoms with Crippen LogP contribution in [0.15, 0.2) is 27.4 Å². The number of aryl methyl sites for hydroxylation is 1. The van der Waals surface area contributed by atoms with Gasteiger partial charge in [0.2, 0.25) is 0 Å². The van der Waals surface area contributed by atoms with E-state index in [0.717, 1.165) is 29.8 Å². The van der Waals surface area contributed by atoms with E-state index >= 15 is 0 Å². The van der Waals surface area contributed by atoms with Crippen molar-refractivity contribution in [2.45, 2.75) is 58.4 Å². The van der Waals surface area contributed by atoms with E-state index in [1.54, 1.807) is 6.07 Å². The van der Waals surface area contributed by atoms with Gasteiger partial charge in [0.1, 0.15) is 5.58 Å². The molecule has 1 aliphatic heterocycles. The van der Waals surface area contributed by atoms with Crippen LogP contribution in [0.1, 0.15) is 50.3 Å². The second kappa shape index (κ2) is 6.93. The van der Waals surface area contributed by atoms with Crippen LogP contribution in [0.4, 0.5) is 0 Å². The Morgan fingerprint density at radius 2 is 2.04 bits per heavy atom. The lowest BCUT2D eigenvalue weighted by Crippen LogP contribution is -2.44. The standard InChI is InChI=1S/C20H27NO2S/c1-12(2)17-10-18-16(9-20(22)23-19(18)8-13(17)3)11-21-6-7-24-15(5)14(21)4/h8-10,12,14-15H,6-7,11H2,1-5H3. The largest absolute Gasteiger partial charge is 0.423 e. The Morgan fingerprint density at radius 1 is 1.29 bits per heavy atom. The first-order valence-electron chi connectivity index (χ1n) is 8.79. The van der Waals surface area contributed by atoms with Gasteiger partial charge in [0.25, 0.3) is 0 Å². The SMILES string of the molecule is Cc1cc2oc(=O)cc(CN3CCSC(C)C3C)c2cc1C(C)C. The van der Waals surface area contributed by atoms with E-state index in [9.17, 15) is 4.79 Å². The molecule has 2 heterocycles. The van der Waals surface area contributed by atoms with Gasteiger partial charge in [0, 0.05) is 41.6 Å². The molecule has 24 heavy (non-hydrogen) atoms. The molecule has 3 rings (SSSR count). The fourth-order valence-electron chi connectivity index (χ4n) is 3.58. The van der Waals surface area contributed by atoms with Crippen molar-refractivity contribution in [2.24, 2.45) is 0 Å². The molecule has 0 bridgehead atoms. The highest BCUT2D eigenvalue weighted by Gasteiger charge is 2.26. The van der Waals surface area contributed by atoms with Crippen molar-refractivity contribution in [3.05, 3.63) is 45.3 Å². The molecule has 2 aromatic rings. The summed E-state index contributed by atoms with van der Waals surface area (Å²) in [6, 6.07) is 6.44. The van der Waals surface area contributed by atoms with Crippen LogP contribution in [0.2, 0.25) is 0 Å². The van der Waals surface area contributed by atoms with Gasteiger partial charge in [-0.2, -0.15) is 11.8 Å². The predicted molar refractivity (Wildman–Crippen MR) is 103 cm³/mol. The van der Waals surface area contributed by atoms with Crippen molar-refractivity contribution < 1.29 is 4.42 Å². The third-order valence-corrected chi connectivity index (χ3v) is 6.56. The quantitative estimate of drug-likeness (QED) is 0.764. The Labute approximate surface area is 148 Å². The topological polar surface area (TPSA) is 33.5 Å². The minimum Gasteiger partial charge on any atom is -0.423 e. The van der Waals surface area contributed by atoms with Gasteiger partial charge >= 0.3 is 5.63 Å². The molecule has 1 aromatic carbocycles. The molecule has 130 valence electrons. The van der Waals surface area contributed by atoms with Gasteiger partial charge in [-0.25, -0.2) is 4.79 Å². The zero-order valence-corrected chi connectivity index (χ0v) is 16.1. The Balaban J connectivity index is 2.06. The number of hydrogen-bond acceptors (Lipinski definition) is 4. The van der Waals surface area contributed by atoms with Crippen molar-refractivity contribution >= 4 is 22.7 Å². The van der Waals surface area contributed by atoms with Gasteiger partial charge in [0.15, 0.2) is 0 Å². The fraction of sp³-hybridized carbons (Fsp3) is 0.550. The summed E-state index contributed by atoms with van der Waals surface area (Å²) in [6.07, 6.45) is 0. The average molecular weight is 346 g/mol. The van der Waals surface area contributed by atoms with Crippen LogP contribution in [0.5, 0.6) is 0 Å². The van der Waals surface area contributed by atoms with Crippen LogP contribution in [0.3, 0.4) is 0 Å². The second-order valence-corrected chi connectivity index (χ2v) is 8.72. The summed E-state index contributed by atoms with van der Waals surface area (Å²) in [7, 11) is 0. The number of fused-ring (bicyclic) bond motifs is 1. The summed E-state index contributed by atoms with van der Waals surface area (Å²) in [5.74, 6) is 1.61. The normalized spacial score (nSPS) is 22.4. The molecule has 1 aromatic heterocycles. The first-order valence-corrected chi connectivity index (χ1v) is 9.84. The molecule has 1 saturated heterocycles. The summed E-state index contributed by atoms with van der Waals surface area (Å²) < 4.78 is 5.48. The van der Waals surface area contributed by atoms with Gasteiger partial charge in [-0.05, 0) is 48.6 Å². The van der Waals surface area contributed by atoms with Crippen molar-refractivity contribution in [3.63, 3.8) is 0 Å². The minimum absolute atomic E-state index is 0.249. The first-order chi connectivity index (χ1) is 11.4. The van der Waals surface area contributed by atoms with Gasteiger partial charge in [0.05, 0.1) is 0 Å². The Hall–Kier alpha value is -1.26. The average Bonchev–Trinajstić information content (AvgIpc) is 2.50. The summed E-state index contributed by atoms with van der Waals surface area (Å²) in [6.45, 7) is 13.0. The number of benzene rings is 1. The predicted octanol–water partition coefficient (Wildman–Crippen LogP) is 4.55. The van der Waals surface area contributed by atoms with E-state index in [4.69, 9.17) is 4.42 Å². The molecular weight excluding hydrogens is 318 g/mol. The van der Waals surface area contributed by atoms with Crippen molar-refractivity contribution in [1.29, 1.82) is 0 Å². The monoisotopic (exact) mass is 345 g/mol. The van der Waals surface area contributed by atoms with Gasteiger partial charge in [-0.1, -0.05) is 20.8 Å². The van der Waals surface area contributed by atoms with E-state index in [2.05, 4.69) is 45.6 Å². The van der Waals surface area contributed by atoms with E-state index in [1.807, 2.05) is 17.8 Å². The summed E-state index contributed by atoms with van der Waals surface area (Å²) >= 11 is 2.03. The molecule has 0 radical (unpaired) electrons. The zero-order valence-electron chi connectivity index (χ0n) is 15.3. The molecule has 4 heteroatoms. The highest BCUT2D eigenvalue weighted by molar-refractivity contribution is 8.00.